The molecule has 35 heavy (non-hydrogen) atoms. The van der Waals surface area contributed by atoms with Gasteiger partial charge in [0.15, 0.2) is 5.75 Å². The predicted molar refractivity (Wildman–Crippen MR) is 110 cm³/mol. The Kier molecular flexibility index (Phi) is 7.19. The first kappa shape index (κ1) is 25.7. The summed E-state index contributed by atoms with van der Waals surface area (Å²) in [5, 5.41) is 14.9. The van der Waals surface area contributed by atoms with Crippen LogP contribution >= 0.6 is 0 Å². The van der Waals surface area contributed by atoms with Crippen molar-refractivity contribution >= 4 is 5.91 Å². The van der Waals surface area contributed by atoms with E-state index >= 15 is 0 Å². The van der Waals surface area contributed by atoms with E-state index in [1.165, 1.54) is 19.1 Å². The number of aliphatic hydroxyl groups excluding tert-OH is 1. The molecule has 0 aliphatic rings. The van der Waals surface area contributed by atoms with E-state index < -0.39 is 64.9 Å². The first-order chi connectivity index (χ1) is 16.3. The number of alkyl halides is 5. The molecular formula is C22H17F6N3O4. The molecular weight excluding hydrogens is 484 g/mol. The fourth-order valence-electron chi connectivity index (χ4n) is 3.15. The molecule has 2 aromatic carbocycles. The molecule has 13 heteroatoms. The van der Waals surface area contributed by atoms with Crippen LogP contribution in [0.5, 0.6) is 5.75 Å². The first-order valence-corrected chi connectivity index (χ1v) is 9.88. The summed E-state index contributed by atoms with van der Waals surface area (Å²) in [6.45, 7) is -0.335. The van der Waals surface area contributed by atoms with Gasteiger partial charge in [-0.25, -0.2) is 4.39 Å². The van der Waals surface area contributed by atoms with E-state index in [0.717, 1.165) is 42.5 Å². The van der Waals surface area contributed by atoms with Gasteiger partial charge in [0.05, 0.1) is 11.6 Å². The normalized spacial score (nSPS) is 12.8. The molecule has 2 N–H and O–H groups in total. The Labute approximate surface area is 193 Å². The van der Waals surface area contributed by atoms with Gasteiger partial charge in [-0.2, -0.15) is 18.6 Å². The van der Waals surface area contributed by atoms with Crippen molar-refractivity contribution in [1.29, 1.82) is 0 Å². The minimum absolute atomic E-state index is 0.318. The van der Waals surface area contributed by atoms with Gasteiger partial charge >= 0.3 is 6.36 Å². The second-order valence-corrected chi connectivity index (χ2v) is 7.25. The zero-order valence-corrected chi connectivity index (χ0v) is 17.8. The number of carbonyl (C=O) groups excluding carboxylic acids is 1. The molecule has 0 saturated heterocycles. The molecule has 1 heterocycles. The molecule has 186 valence electrons. The topological polar surface area (TPSA) is 93.5 Å². The van der Waals surface area contributed by atoms with Crippen LogP contribution in [0.25, 0.3) is 5.69 Å². The number of hydrogen-bond donors (Lipinski definition) is 2. The number of carbonyl (C=O) groups is 1. The van der Waals surface area contributed by atoms with E-state index in [4.69, 9.17) is 5.11 Å². The molecule has 3 aromatic rings. The van der Waals surface area contributed by atoms with Crippen molar-refractivity contribution < 1.29 is 41.0 Å². The molecule has 0 spiro atoms. The lowest BCUT2D eigenvalue weighted by molar-refractivity contribution is -0.274. The highest BCUT2D eigenvalue weighted by Gasteiger charge is 2.35. The van der Waals surface area contributed by atoms with Crippen LogP contribution in [-0.4, -0.2) is 33.8 Å². The molecule has 0 radical (unpaired) electrons. The quantitative estimate of drug-likeness (QED) is 0.480. The molecule has 0 bridgehead atoms. The zero-order chi connectivity index (χ0) is 26.0. The lowest BCUT2D eigenvalue weighted by Crippen LogP contribution is -2.32. The summed E-state index contributed by atoms with van der Waals surface area (Å²) >= 11 is 0. The van der Waals surface area contributed by atoms with Gasteiger partial charge in [-0.05, 0) is 31.2 Å². The van der Waals surface area contributed by atoms with E-state index in [9.17, 15) is 35.9 Å². The highest BCUT2D eigenvalue weighted by atomic mass is 19.4. The fraction of sp³-hybridized carbons (Fsp3) is 0.227. The highest BCUT2D eigenvalue weighted by Crippen LogP contribution is 2.32. The summed E-state index contributed by atoms with van der Waals surface area (Å²) in [4.78, 5) is 24.9. The largest absolute Gasteiger partial charge is 0.573 e. The number of rotatable bonds is 7. The Balaban J connectivity index is 1.92. The highest BCUT2D eigenvalue weighted by molar-refractivity contribution is 5.92. The smallest absolute Gasteiger partial charge is 0.403 e. The lowest BCUT2D eigenvalue weighted by atomic mass is 10.0. The van der Waals surface area contributed by atoms with Gasteiger partial charge in [-0.1, -0.05) is 24.3 Å². The molecule has 0 aliphatic heterocycles. The van der Waals surface area contributed by atoms with Gasteiger partial charge in [0.25, 0.3) is 17.4 Å². The van der Waals surface area contributed by atoms with Gasteiger partial charge in [0.1, 0.15) is 23.8 Å². The van der Waals surface area contributed by atoms with Gasteiger partial charge < -0.3 is 15.2 Å². The number of amides is 1. The molecule has 7 nitrogen and oxygen atoms in total. The SMILES string of the molecule is C[C@@H](NC(=O)c1ccc(=O)n(-c2ccccc2OC(F)(F)F)n1)c1cccc(C(F)(F)CO)c1F. The second-order valence-electron chi connectivity index (χ2n) is 7.25. The Bertz CT molecular complexity index is 1290. The van der Waals surface area contributed by atoms with Crippen LogP contribution in [0.4, 0.5) is 26.3 Å². The molecule has 1 atom stereocenters. The number of benzene rings is 2. The van der Waals surface area contributed by atoms with Crippen molar-refractivity contribution in [3.8, 4) is 11.4 Å². The number of hydrogen-bond acceptors (Lipinski definition) is 5. The predicted octanol–water partition coefficient (Wildman–Crippen LogP) is 3.85. The molecule has 0 fully saturated rings. The van der Waals surface area contributed by atoms with Crippen molar-refractivity contribution in [3.05, 3.63) is 87.6 Å². The number of ether oxygens (including phenoxy) is 1. The number of para-hydroxylation sites is 2. The fourth-order valence-corrected chi connectivity index (χ4v) is 3.15. The van der Waals surface area contributed by atoms with Gasteiger partial charge in [0.2, 0.25) is 0 Å². The molecule has 0 unspecified atom stereocenters. The molecule has 0 saturated carbocycles. The third-order valence-electron chi connectivity index (χ3n) is 4.79. The third-order valence-corrected chi connectivity index (χ3v) is 4.79. The third kappa shape index (κ3) is 5.80. The van der Waals surface area contributed by atoms with Crippen molar-refractivity contribution in [2.45, 2.75) is 25.3 Å². The van der Waals surface area contributed by atoms with E-state index in [1.54, 1.807) is 0 Å². The Hall–Kier alpha value is -3.87. The maximum absolute atomic E-state index is 14.7. The van der Waals surface area contributed by atoms with Gasteiger partial charge in [0, 0.05) is 11.6 Å². The van der Waals surface area contributed by atoms with E-state index in [0.29, 0.717) is 4.68 Å². The van der Waals surface area contributed by atoms with E-state index in [1.807, 2.05) is 0 Å². The van der Waals surface area contributed by atoms with Gasteiger partial charge in [-0.3, -0.25) is 9.59 Å². The van der Waals surface area contributed by atoms with Crippen molar-refractivity contribution in [3.63, 3.8) is 0 Å². The Morgan fingerprint density at radius 1 is 1.09 bits per heavy atom. The number of nitrogens with zero attached hydrogens (tertiary/aromatic N) is 2. The summed E-state index contributed by atoms with van der Waals surface area (Å²) in [5.74, 6) is -6.91. The van der Waals surface area contributed by atoms with Crippen LogP contribution < -0.4 is 15.6 Å². The summed E-state index contributed by atoms with van der Waals surface area (Å²) in [6.07, 6.45) is -5.06. The number of nitrogens with one attached hydrogen (secondary N) is 1. The lowest BCUT2D eigenvalue weighted by Gasteiger charge is -2.20. The Morgan fingerprint density at radius 2 is 1.77 bits per heavy atom. The van der Waals surface area contributed by atoms with Crippen molar-refractivity contribution in [2.24, 2.45) is 0 Å². The van der Waals surface area contributed by atoms with Crippen LogP contribution in [0.15, 0.2) is 59.4 Å². The van der Waals surface area contributed by atoms with Crippen molar-refractivity contribution in [2.75, 3.05) is 6.61 Å². The molecule has 3 rings (SSSR count). The average Bonchev–Trinajstić information content (AvgIpc) is 2.78. The van der Waals surface area contributed by atoms with Crippen LogP contribution in [0.2, 0.25) is 0 Å². The minimum atomic E-state index is -5.06. The second kappa shape index (κ2) is 9.78. The van der Waals surface area contributed by atoms with Crippen molar-refractivity contribution in [1.82, 2.24) is 15.1 Å². The minimum Gasteiger partial charge on any atom is -0.403 e. The average molecular weight is 501 g/mol. The number of halogens is 6. The van der Waals surface area contributed by atoms with Crippen LogP contribution in [0.1, 0.15) is 34.6 Å². The standard InChI is InChI=1S/C22H17F6N3O4/c1-12(13-5-4-6-14(19(13)23)21(24,25)11-32)29-20(34)15-9-10-18(33)31(30-15)16-7-2-3-8-17(16)35-22(26,27)28/h2-10,12,32H,11H2,1H3,(H,29,34)/t12-/m1/s1. The summed E-state index contributed by atoms with van der Waals surface area (Å²) in [6, 6.07) is 8.37. The maximum atomic E-state index is 14.7. The summed E-state index contributed by atoms with van der Waals surface area (Å²) < 4.78 is 84.8. The zero-order valence-electron chi connectivity index (χ0n) is 17.8. The summed E-state index contributed by atoms with van der Waals surface area (Å²) in [7, 11) is 0. The van der Waals surface area contributed by atoms with E-state index in [2.05, 4.69) is 15.2 Å². The van der Waals surface area contributed by atoms with Crippen LogP contribution in [0, 0.1) is 5.82 Å². The maximum Gasteiger partial charge on any atom is 0.573 e. The first-order valence-electron chi connectivity index (χ1n) is 9.88. The number of aliphatic hydroxyl groups is 1. The van der Waals surface area contributed by atoms with Crippen LogP contribution in [0.3, 0.4) is 0 Å². The number of aromatic nitrogens is 2. The van der Waals surface area contributed by atoms with Crippen LogP contribution in [-0.2, 0) is 5.92 Å². The van der Waals surface area contributed by atoms with Gasteiger partial charge in [-0.15, -0.1) is 13.2 Å². The van der Waals surface area contributed by atoms with E-state index in [-0.39, 0.29) is 5.56 Å². The summed E-state index contributed by atoms with van der Waals surface area (Å²) in [5.41, 5.74) is -3.09. The molecule has 1 aromatic heterocycles. The Morgan fingerprint density at radius 3 is 2.43 bits per heavy atom. The monoisotopic (exact) mass is 501 g/mol. The molecule has 0 aliphatic carbocycles. The molecule has 1 amide bonds.